The Kier molecular flexibility index (Phi) is 3.25. The summed E-state index contributed by atoms with van der Waals surface area (Å²) in [6.45, 7) is 0. The standard InChI is InChI=1S/C9H8FN7O3/c1-16-14-9(13-15-16)12-8(18)6-4(10)2-3-5(7(6)11)17(19)20/h2-3H,11H2,1H3,(H,12,14,18). The van der Waals surface area contributed by atoms with Crippen LogP contribution in [0.1, 0.15) is 10.4 Å². The molecule has 0 spiro atoms. The van der Waals surface area contributed by atoms with Gasteiger partial charge < -0.3 is 5.73 Å². The fraction of sp³-hybridized carbons (Fsp3) is 0.111. The molecule has 0 aliphatic carbocycles. The third-order valence-corrected chi connectivity index (χ3v) is 2.33. The number of nitrogens with one attached hydrogen (secondary N) is 1. The second kappa shape index (κ2) is 4.87. The molecule has 0 aliphatic rings. The van der Waals surface area contributed by atoms with Crippen LogP contribution in [0.15, 0.2) is 12.1 Å². The quantitative estimate of drug-likeness (QED) is 0.461. The predicted octanol–water partition coefficient (Wildman–Crippen LogP) is 0.0919. The van der Waals surface area contributed by atoms with E-state index in [1.807, 2.05) is 0 Å². The van der Waals surface area contributed by atoms with Gasteiger partial charge in [0.05, 0.1) is 12.0 Å². The number of hydrogen-bond acceptors (Lipinski definition) is 7. The summed E-state index contributed by atoms with van der Waals surface area (Å²) >= 11 is 0. The number of hydrogen-bond donors (Lipinski definition) is 2. The fourth-order valence-corrected chi connectivity index (χ4v) is 1.47. The van der Waals surface area contributed by atoms with Crippen molar-refractivity contribution in [2.75, 3.05) is 11.1 Å². The van der Waals surface area contributed by atoms with Gasteiger partial charge in [0.15, 0.2) is 0 Å². The SMILES string of the molecule is Cn1nnc(NC(=O)c2c(F)ccc([N+](=O)[O-])c2N)n1. The monoisotopic (exact) mass is 281 g/mol. The second-order valence-electron chi connectivity index (χ2n) is 3.67. The van der Waals surface area contributed by atoms with Crippen LogP contribution in [-0.4, -0.2) is 31.0 Å². The van der Waals surface area contributed by atoms with Crippen molar-refractivity contribution in [1.29, 1.82) is 0 Å². The van der Waals surface area contributed by atoms with E-state index in [2.05, 4.69) is 20.7 Å². The molecule has 1 heterocycles. The summed E-state index contributed by atoms with van der Waals surface area (Å²) < 4.78 is 13.6. The predicted molar refractivity (Wildman–Crippen MR) is 64.2 cm³/mol. The number of nitrogens with zero attached hydrogens (tertiary/aromatic N) is 5. The molecule has 2 rings (SSSR count). The third-order valence-electron chi connectivity index (χ3n) is 2.33. The van der Waals surface area contributed by atoms with E-state index < -0.39 is 33.6 Å². The van der Waals surface area contributed by atoms with Gasteiger partial charge >= 0.3 is 0 Å². The smallest absolute Gasteiger partial charge is 0.293 e. The number of aromatic nitrogens is 4. The number of anilines is 2. The minimum atomic E-state index is -1.00. The highest BCUT2D eigenvalue weighted by Gasteiger charge is 2.24. The number of nitro groups is 1. The summed E-state index contributed by atoms with van der Waals surface area (Å²) in [5.74, 6) is -2.17. The highest BCUT2D eigenvalue weighted by Crippen LogP contribution is 2.27. The summed E-state index contributed by atoms with van der Waals surface area (Å²) in [4.78, 5) is 22.8. The summed E-state index contributed by atoms with van der Waals surface area (Å²) in [5.41, 5.74) is 3.66. The Morgan fingerprint density at radius 3 is 2.80 bits per heavy atom. The minimum Gasteiger partial charge on any atom is -0.392 e. The Balaban J connectivity index is 2.38. The highest BCUT2D eigenvalue weighted by atomic mass is 19.1. The lowest BCUT2D eigenvalue weighted by atomic mass is 10.1. The van der Waals surface area contributed by atoms with E-state index in [0.29, 0.717) is 0 Å². The Bertz CT molecular complexity index is 699. The molecule has 1 aromatic carbocycles. The molecule has 0 unspecified atom stereocenters. The van der Waals surface area contributed by atoms with Crippen molar-refractivity contribution in [3.05, 3.63) is 33.6 Å². The number of rotatable bonds is 3. The summed E-state index contributed by atoms with van der Waals surface area (Å²) in [6, 6.07) is 1.66. The lowest BCUT2D eigenvalue weighted by Crippen LogP contribution is -2.18. The maximum absolute atomic E-state index is 13.6. The summed E-state index contributed by atoms with van der Waals surface area (Å²) in [7, 11) is 1.46. The third kappa shape index (κ3) is 2.36. The number of carbonyl (C=O) groups is 1. The molecular formula is C9H8FN7O3. The summed E-state index contributed by atoms with van der Waals surface area (Å²) in [6.07, 6.45) is 0. The van der Waals surface area contributed by atoms with E-state index in [9.17, 15) is 19.3 Å². The maximum Gasteiger partial charge on any atom is 0.293 e. The number of nitrogens with two attached hydrogens (primary N) is 1. The number of amides is 1. The van der Waals surface area contributed by atoms with Crippen LogP contribution in [0.4, 0.5) is 21.7 Å². The van der Waals surface area contributed by atoms with Gasteiger partial charge in [0.2, 0.25) is 0 Å². The van der Waals surface area contributed by atoms with E-state index in [4.69, 9.17) is 5.73 Å². The number of nitrogen functional groups attached to an aromatic ring is 1. The molecule has 11 heteroatoms. The van der Waals surface area contributed by atoms with E-state index in [-0.39, 0.29) is 5.95 Å². The van der Waals surface area contributed by atoms with Crippen LogP contribution in [-0.2, 0) is 7.05 Å². The topological polar surface area (TPSA) is 142 Å². The van der Waals surface area contributed by atoms with Crippen LogP contribution in [0.2, 0.25) is 0 Å². The minimum absolute atomic E-state index is 0.178. The number of halogens is 1. The van der Waals surface area contributed by atoms with Gasteiger partial charge in [0.1, 0.15) is 17.1 Å². The number of nitro benzene ring substituents is 1. The van der Waals surface area contributed by atoms with E-state index in [1.54, 1.807) is 0 Å². The Labute approximate surface area is 110 Å². The van der Waals surface area contributed by atoms with Gasteiger partial charge in [-0.2, -0.15) is 4.80 Å². The maximum atomic E-state index is 13.6. The van der Waals surface area contributed by atoms with Crippen LogP contribution in [0.5, 0.6) is 0 Å². The largest absolute Gasteiger partial charge is 0.392 e. The zero-order valence-electron chi connectivity index (χ0n) is 10.1. The summed E-state index contributed by atoms with van der Waals surface area (Å²) in [5, 5.41) is 23.4. The fourth-order valence-electron chi connectivity index (χ4n) is 1.47. The first-order valence-electron chi connectivity index (χ1n) is 5.18. The molecule has 0 fully saturated rings. The van der Waals surface area contributed by atoms with Gasteiger partial charge in [-0.05, 0) is 11.3 Å². The number of benzene rings is 1. The molecule has 10 nitrogen and oxygen atoms in total. The van der Waals surface area contributed by atoms with E-state index >= 15 is 0 Å². The van der Waals surface area contributed by atoms with Gasteiger partial charge in [-0.15, -0.1) is 5.10 Å². The van der Waals surface area contributed by atoms with Crippen molar-refractivity contribution in [3.8, 4) is 0 Å². The van der Waals surface area contributed by atoms with Crippen molar-refractivity contribution in [2.45, 2.75) is 0 Å². The zero-order valence-corrected chi connectivity index (χ0v) is 10.1. The van der Waals surface area contributed by atoms with Gasteiger partial charge in [-0.25, -0.2) is 4.39 Å². The zero-order chi connectivity index (χ0) is 14.9. The molecule has 0 saturated carbocycles. The van der Waals surface area contributed by atoms with Crippen molar-refractivity contribution in [1.82, 2.24) is 20.2 Å². The lowest BCUT2D eigenvalue weighted by molar-refractivity contribution is -0.384. The lowest BCUT2D eigenvalue weighted by Gasteiger charge is -2.06. The number of tetrazole rings is 1. The van der Waals surface area contributed by atoms with Crippen LogP contribution >= 0.6 is 0 Å². The van der Waals surface area contributed by atoms with Crippen LogP contribution in [0.25, 0.3) is 0 Å². The first-order chi connectivity index (χ1) is 9.40. The van der Waals surface area contributed by atoms with Crippen LogP contribution in [0, 0.1) is 15.9 Å². The Morgan fingerprint density at radius 2 is 2.25 bits per heavy atom. The molecule has 1 aromatic heterocycles. The van der Waals surface area contributed by atoms with E-state index in [1.165, 1.54) is 7.05 Å². The first kappa shape index (κ1) is 13.3. The molecule has 3 N–H and O–H groups in total. The molecular weight excluding hydrogens is 273 g/mol. The molecule has 0 bridgehead atoms. The molecule has 104 valence electrons. The first-order valence-corrected chi connectivity index (χ1v) is 5.18. The molecule has 0 saturated heterocycles. The normalized spacial score (nSPS) is 10.3. The van der Waals surface area contributed by atoms with Gasteiger partial charge in [0.25, 0.3) is 17.5 Å². The van der Waals surface area contributed by atoms with Gasteiger partial charge in [-0.3, -0.25) is 20.2 Å². The Morgan fingerprint density at radius 1 is 1.55 bits per heavy atom. The van der Waals surface area contributed by atoms with Crippen molar-refractivity contribution in [2.24, 2.45) is 7.05 Å². The molecule has 20 heavy (non-hydrogen) atoms. The average molecular weight is 281 g/mol. The van der Waals surface area contributed by atoms with Gasteiger partial charge in [0, 0.05) is 6.07 Å². The van der Waals surface area contributed by atoms with Crippen LogP contribution < -0.4 is 11.1 Å². The number of aryl methyl sites for hydroxylation is 1. The van der Waals surface area contributed by atoms with Crippen molar-refractivity contribution >= 4 is 23.2 Å². The molecule has 0 radical (unpaired) electrons. The Hall–Kier alpha value is -3.11. The highest BCUT2D eigenvalue weighted by molar-refractivity contribution is 6.08. The molecule has 1 amide bonds. The van der Waals surface area contributed by atoms with Crippen molar-refractivity contribution in [3.63, 3.8) is 0 Å². The molecule has 0 aliphatic heterocycles. The number of carbonyl (C=O) groups excluding carboxylic acids is 1. The second-order valence-corrected chi connectivity index (χ2v) is 3.67. The van der Waals surface area contributed by atoms with Crippen LogP contribution in [0.3, 0.4) is 0 Å². The molecule has 0 atom stereocenters. The van der Waals surface area contributed by atoms with Crippen molar-refractivity contribution < 1.29 is 14.1 Å². The average Bonchev–Trinajstić information content (AvgIpc) is 2.74. The van der Waals surface area contributed by atoms with E-state index in [0.717, 1.165) is 16.9 Å². The molecule has 2 aromatic rings. The van der Waals surface area contributed by atoms with Gasteiger partial charge in [-0.1, -0.05) is 5.10 Å².